The highest BCUT2D eigenvalue weighted by Gasteiger charge is 2.21. The summed E-state index contributed by atoms with van der Waals surface area (Å²) < 4.78 is 26.8. The van der Waals surface area contributed by atoms with E-state index in [-0.39, 0.29) is 23.9 Å². The summed E-state index contributed by atoms with van der Waals surface area (Å²) in [5, 5.41) is 9.38. The van der Waals surface area contributed by atoms with Gasteiger partial charge in [0.2, 0.25) is 11.8 Å². The van der Waals surface area contributed by atoms with E-state index < -0.39 is 23.6 Å². The Morgan fingerprint density at radius 1 is 1.09 bits per heavy atom. The summed E-state index contributed by atoms with van der Waals surface area (Å²) in [5.74, 6) is -2.36. The molecule has 186 valence electrons. The normalized spacial score (nSPS) is 12.7. The Labute approximate surface area is 208 Å². The first-order chi connectivity index (χ1) is 16.8. The molecule has 0 saturated heterocycles. The van der Waals surface area contributed by atoms with Crippen LogP contribution < -0.4 is 16.0 Å². The Balaban J connectivity index is 1.49. The number of nitrogens with zero attached hydrogens (tertiary/aromatic N) is 1. The first kappa shape index (κ1) is 26.4. The van der Waals surface area contributed by atoms with Crippen molar-refractivity contribution in [1.82, 2.24) is 15.6 Å². The second-order valence-electron chi connectivity index (χ2n) is 8.32. The number of hydrogen-bond donors (Lipinski definition) is 3. The van der Waals surface area contributed by atoms with Gasteiger partial charge in [-0.15, -0.1) is 11.3 Å². The number of aromatic nitrogens is 1. The molecule has 0 bridgehead atoms. The molecule has 0 saturated carbocycles. The van der Waals surface area contributed by atoms with Crippen molar-refractivity contribution in [3.05, 3.63) is 82.4 Å². The van der Waals surface area contributed by atoms with E-state index in [0.717, 1.165) is 36.0 Å². The van der Waals surface area contributed by atoms with E-state index in [1.54, 1.807) is 6.20 Å². The van der Waals surface area contributed by atoms with Gasteiger partial charge < -0.3 is 16.0 Å². The predicted molar refractivity (Wildman–Crippen MR) is 134 cm³/mol. The molecule has 0 fully saturated rings. The maximum absolute atomic E-state index is 13.4. The van der Waals surface area contributed by atoms with Crippen LogP contribution in [0.25, 0.3) is 0 Å². The molecule has 0 aliphatic carbocycles. The summed E-state index contributed by atoms with van der Waals surface area (Å²) in [7, 11) is 0. The number of halogens is 2. The maximum Gasteiger partial charge on any atom is 0.248 e. The van der Waals surface area contributed by atoms with Gasteiger partial charge in [0.15, 0.2) is 5.13 Å². The molecular weight excluding hydrogens is 470 g/mol. The Bertz CT molecular complexity index is 1100. The molecule has 0 radical (unpaired) electrons. The van der Waals surface area contributed by atoms with Gasteiger partial charge in [-0.2, -0.15) is 0 Å². The molecule has 0 spiro atoms. The van der Waals surface area contributed by atoms with E-state index in [1.165, 1.54) is 16.9 Å². The van der Waals surface area contributed by atoms with Crippen LogP contribution in [0, 0.1) is 11.6 Å². The number of thiazole rings is 1. The largest absolute Gasteiger partial charge is 0.344 e. The molecule has 9 heteroatoms. The number of carbonyl (C=O) groups is 2. The third-order valence-electron chi connectivity index (χ3n) is 5.42. The van der Waals surface area contributed by atoms with Crippen LogP contribution in [0.3, 0.4) is 0 Å². The lowest BCUT2D eigenvalue weighted by Gasteiger charge is -2.17. The van der Waals surface area contributed by atoms with Gasteiger partial charge in [-0.05, 0) is 43.0 Å². The third kappa shape index (κ3) is 8.52. The molecular formula is C26H30F2N4O2S. The predicted octanol–water partition coefficient (Wildman–Crippen LogP) is 4.78. The van der Waals surface area contributed by atoms with E-state index in [9.17, 15) is 18.4 Å². The summed E-state index contributed by atoms with van der Waals surface area (Å²) in [6, 6.07) is 12.6. The molecule has 2 atom stereocenters. The minimum Gasteiger partial charge on any atom is -0.344 e. The Morgan fingerprint density at radius 2 is 1.80 bits per heavy atom. The van der Waals surface area contributed by atoms with Crippen LogP contribution in [-0.2, 0) is 22.4 Å². The smallest absolute Gasteiger partial charge is 0.248 e. The van der Waals surface area contributed by atoms with Crippen molar-refractivity contribution < 1.29 is 18.4 Å². The first-order valence-electron chi connectivity index (χ1n) is 11.6. The molecule has 1 heterocycles. The van der Waals surface area contributed by atoms with Gasteiger partial charge in [-0.1, -0.05) is 43.7 Å². The molecule has 0 aliphatic heterocycles. The van der Waals surface area contributed by atoms with Gasteiger partial charge in [-0.3, -0.25) is 9.59 Å². The van der Waals surface area contributed by atoms with Crippen LogP contribution in [-0.4, -0.2) is 29.4 Å². The van der Waals surface area contributed by atoms with E-state index in [1.807, 2.05) is 25.1 Å². The van der Waals surface area contributed by atoms with Crippen LogP contribution >= 0.6 is 11.3 Å². The number of nitrogens with one attached hydrogen (secondary N) is 3. The molecule has 6 nitrogen and oxygen atoms in total. The number of amides is 2. The molecule has 3 aromatic rings. The SMILES string of the molecule is CCCC(NC(=O)Cc1cc(F)cc(F)c1)C(=O)Nc1ncc(CCNC(C)c2ccccc2)s1. The van der Waals surface area contributed by atoms with Gasteiger partial charge >= 0.3 is 0 Å². The van der Waals surface area contributed by atoms with Gasteiger partial charge in [-0.25, -0.2) is 13.8 Å². The maximum atomic E-state index is 13.4. The van der Waals surface area contributed by atoms with Gasteiger partial charge in [0.05, 0.1) is 6.42 Å². The van der Waals surface area contributed by atoms with Crippen molar-refractivity contribution in [2.45, 2.75) is 51.6 Å². The van der Waals surface area contributed by atoms with Crippen LogP contribution in [0.4, 0.5) is 13.9 Å². The first-order valence-corrected chi connectivity index (χ1v) is 12.4. The number of benzene rings is 2. The topological polar surface area (TPSA) is 83.1 Å². The quantitative estimate of drug-likeness (QED) is 0.334. The minimum absolute atomic E-state index is 0.204. The van der Waals surface area contributed by atoms with Crippen molar-refractivity contribution >= 4 is 28.3 Å². The monoisotopic (exact) mass is 500 g/mol. The molecule has 0 aliphatic rings. The van der Waals surface area contributed by atoms with Crippen molar-refractivity contribution in [3.8, 4) is 0 Å². The van der Waals surface area contributed by atoms with E-state index in [2.05, 4.69) is 40.0 Å². The van der Waals surface area contributed by atoms with E-state index in [4.69, 9.17) is 0 Å². The highest BCUT2D eigenvalue weighted by atomic mass is 32.1. The fourth-order valence-corrected chi connectivity index (χ4v) is 4.46. The summed E-state index contributed by atoms with van der Waals surface area (Å²) >= 11 is 1.39. The van der Waals surface area contributed by atoms with Crippen molar-refractivity contribution in [1.29, 1.82) is 0 Å². The third-order valence-corrected chi connectivity index (χ3v) is 6.39. The summed E-state index contributed by atoms with van der Waals surface area (Å²) in [6.45, 7) is 4.78. The van der Waals surface area contributed by atoms with Crippen LogP contribution in [0.2, 0.25) is 0 Å². The molecule has 1 aromatic heterocycles. The van der Waals surface area contributed by atoms with Crippen LogP contribution in [0.15, 0.2) is 54.7 Å². The Morgan fingerprint density at radius 3 is 2.49 bits per heavy atom. The van der Waals surface area contributed by atoms with Crippen LogP contribution in [0.1, 0.15) is 48.7 Å². The number of hydrogen-bond acceptors (Lipinski definition) is 5. The molecule has 3 N–H and O–H groups in total. The number of anilines is 1. The number of rotatable bonds is 12. The molecule has 2 aromatic carbocycles. The van der Waals surface area contributed by atoms with Gasteiger partial charge in [0.1, 0.15) is 17.7 Å². The Kier molecular flexibility index (Phi) is 9.86. The zero-order valence-electron chi connectivity index (χ0n) is 19.8. The number of carbonyl (C=O) groups excluding carboxylic acids is 2. The lowest BCUT2D eigenvalue weighted by atomic mass is 10.1. The van der Waals surface area contributed by atoms with Crippen LogP contribution in [0.5, 0.6) is 0 Å². The lowest BCUT2D eigenvalue weighted by Crippen LogP contribution is -2.44. The van der Waals surface area contributed by atoms with Crippen molar-refractivity contribution in [2.75, 3.05) is 11.9 Å². The summed E-state index contributed by atoms with van der Waals surface area (Å²) in [4.78, 5) is 30.5. The highest BCUT2D eigenvalue weighted by Crippen LogP contribution is 2.20. The molecule has 3 rings (SSSR count). The molecule has 35 heavy (non-hydrogen) atoms. The summed E-state index contributed by atoms with van der Waals surface area (Å²) in [5.41, 5.74) is 1.42. The zero-order valence-corrected chi connectivity index (χ0v) is 20.6. The highest BCUT2D eigenvalue weighted by molar-refractivity contribution is 7.15. The average molecular weight is 501 g/mol. The second kappa shape index (κ2) is 13.1. The molecule has 2 amide bonds. The van der Waals surface area contributed by atoms with Gasteiger partial charge in [0.25, 0.3) is 0 Å². The zero-order chi connectivity index (χ0) is 25.2. The fraction of sp³-hybridized carbons (Fsp3) is 0.346. The Hall–Kier alpha value is -3.17. The molecule has 2 unspecified atom stereocenters. The van der Waals surface area contributed by atoms with E-state index in [0.29, 0.717) is 18.0 Å². The van der Waals surface area contributed by atoms with E-state index >= 15 is 0 Å². The minimum atomic E-state index is -0.772. The van der Waals surface area contributed by atoms with Crippen molar-refractivity contribution in [2.24, 2.45) is 0 Å². The second-order valence-corrected chi connectivity index (χ2v) is 9.44. The van der Waals surface area contributed by atoms with Gasteiger partial charge in [0, 0.05) is 29.7 Å². The van der Waals surface area contributed by atoms with Crippen molar-refractivity contribution in [3.63, 3.8) is 0 Å². The fourth-order valence-electron chi connectivity index (χ4n) is 3.65. The lowest BCUT2D eigenvalue weighted by molar-refractivity contribution is -0.126. The summed E-state index contributed by atoms with van der Waals surface area (Å²) in [6.07, 6.45) is 3.37. The standard InChI is InChI=1S/C26H30F2N4O2S/c1-3-7-23(31-24(33)14-18-12-20(27)15-21(28)13-18)25(34)32-26-30-16-22(35-26)10-11-29-17(2)19-8-5-4-6-9-19/h4-6,8-9,12-13,15-17,23,29H,3,7,10-11,14H2,1-2H3,(H,31,33)(H,30,32,34). The average Bonchev–Trinajstić information content (AvgIpc) is 3.25.